The van der Waals surface area contributed by atoms with E-state index in [1.54, 1.807) is 23.5 Å². The number of rotatable bonds is 3. The van der Waals surface area contributed by atoms with E-state index in [1.165, 1.54) is 7.11 Å². The fraction of sp³-hybridized carbons (Fsp3) is 0.176. The lowest BCUT2D eigenvalue weighted by Crippen LogP contribution is -2.07. The third-order valence-corrected chi connectivity index (χ3v) is 4.51. The van der Waals surface area contributed by atoms with Crippen molar-refractivity contribution in [1.29, 1.82) is 0 Å². The van der Waals surface area contributed by atoms with Crippen LogP contribution in [0.2, 0.25) is 0 Å². The van der Waals surface area contributed by atoms with Gasteiger partial charge in [-0.05, 0) is 30.3 Å². The highest BCUT2D eigenvalue weighted by Gasteiger charge is 2.09. The number of fused-ring (bicyclic) bond motifs is 1. The lowest BCUT2D eigenvalue weighted by molar-refractivity contribution is 0.0601. The molecule has 3 aromatic rings. The van der Waals surface area contributed by atoms with Gasteiger partial charge in [0, 0.05) is 25.3 Å². The highest BCUT2D eigenvalue weighted by atomic mass is 32.1. The van der Waals surface area contributed by atoms with E-state index >= 15 is 0 Å². The Bertz CT molecular complexity index is 822. The van der Waals surface area contributed by atoms with Crippen molar-refractivity contribution in [3.8, 4) is 10.6 Å². The van der Waals surface area contributed by atoms with Gasteiger partial charge >= 0.3 is 5.97 Å². The number of aromatic nitrogens is 1. The SMILES string of the molecule is COC(=O)c1ccc(-c2nc3ccc(N(C)C)cc3s2)cc1. The number of anilines is 1. The Kier molecular flexibility index (Phi) is 3.81. The van der Waals surface area contributed by atoms with Crippen LogP contribution in [0.5, 0.6) is 0 Å². The fourth-order valence-electron chi connectivity index (χ4n) is 2.18. The van der Waals surface area contributed by atoms with E-state index < -0.39 is 0 Å². The molecule has 5 heteroatoms. The fourth-order valence-corrected chi connectivity index (χ4v) is 3.19. The van der Waals surface area contributed by atoms with Gasteiger partial charge in [-0.3, -0.25) is 0 Å². The Morgan fingerprint density at radius 3 is 2.50 bits per heavy atom. The van der Waals surface area contributed by atoms with Crippen LogP contribution in [0, 0.1) is 0 Å². The van der Waals surface area contributed by atoms with Crippen molar-refractivity contribution in [1.82, 2.24) is 4.98 Å². The molecule has 0 amide bonds. The van der Waals surface area contributed by atoms with Gasteiger partial charge in [0.1, 0.15) is 5.01 Å². The molecular weight excluding hydrogens is 296 g/mol. The van der Waals surface area contributed by atoms with Crippen LogP contribution in [0.4, 0.5) is 5.69 Å². The average Bonchev–Trinajstić information content (AvgIpc) is 2.97. The average molecular weight is 312 g/mol. The van der Waals surface area contributed by atoms with Gasteiger partial charge in [0.15, 0.2) is 0 Å². The van der Waals surface area contributed by atoms with Crippen LogP contribution in [-0.4, -0.2) is 32.2 Å². The Balaban J connectivity index is 1.97. The Labute approximate surface area is 133 Å². The summed E-state index contributed by atoms with van der Waals surface area (Å²) < 4.78 is 5.86. The summed E-state index contributed by atoms with van der Waals surface area (Å²) in [4.78, 5) is 18.2. The minimum Gasteiger partial charge on any atom is -0.465 e. The number of esters is 1. The molecule has 0 fully saturated rings. The molecule has 0 aliphatic heterocycles. The molecule has 2 aromatic carbocycles. The molecule has 0 saturated carbocycles. The maximum absolute atomic E-state index is 11.5. The lowest BCUT2D eigenvalue weighted by Gasteiger charge is -2.11. The molecule has 0 aliphatic rings. The van der Waals surface area contributed by atoms with Crippen LogP contribution in [0.1, 0.15) is 10.4 Å². The molecule has 0 saturated heterocycles. The number of nitrogens with zero attached hydrogens (tertiary/aromatic N) is 2. The van der Waals surface area contributed by atoms with E-state index in [0.717, 1.165) is 26.5 Å². The molecule has 1 heterocycles. The van der Waals surface area contributed by atoms with Gasteiger partial charge in [0.2, 0.25) is 0 Å². The molecule has 1 aromatic heterocycles. The van der Waals surface area contributed by atoms with Crippen LogP contribution in [-0.2, 0) is 4.74 Å². The quantitative estimate of drug-likeness (QED) is 0.690. The first-order valence-electron chi connectivity index (χ1n) is 6.85. The molecule has 0 spiro atoms. The number of methoxy groups -OCH3 is 1. The minimum absolute atomic E-state index is 0.327. The molecule has 0 bridgehead atoms. The van der Waals surface area contributed by atoms with Crippen LogP contribution < -0.4 is 4.90 Å². The Morgan fingerprint density at radius 1 is 1.14 bits per heavy atom. The smallest absolute Gasteiger partial charge is 0.337 e. The van der Waals surface area contributed by atoms with Crippen molar-refractivity contribution < 1.29 is 9.53 Å². The first-order chi connectivity index (χ1) is 10.6. The van der Waals surface area contributed by atoms with Crippen LogP contribution in [0.15, 0.2) is 42.5 Å². The van der Waals surface area contributed by atoms with Crippen molar-refractivity contribution in [3.63, 3.8) is 0 Å². The molecule has 0 unspecified atom stereocenters. The number of carbonyl (C=O) groups is 1. The monoisotopic (exact) mass is 312 g/mol. The summed E-state index contributed by atoms with van der Waals surface area (Å²) >= 11 is 1.65. The molecule has 112 valence electrons. The summed E-state index contributed by atoms with van der Waals surface area (Å²) in [5.74, 6) is -0.327. The number of hydrogen-bond acceptors (Lipinski definition) is 5. The van der Waals surface area contributed by atoms with Gasteiger partial charge < -0.3 is 9.64 Å². The summed E-state index contributed by atoms with van der Waals surface area (Å²) in [6.07, 6.45) is 0. The number of carbonyl (C=O) groups excluding carboxylic acids is 1. The van der Waals surface area contributed by atoms with E-state index in [4.69, 9.17) is 4.74 Å². The van der Waals surface area contributed by atoms with E-state index in [9.17, 15) is 4.79 Å². The maximum atomic E-state index is 11.5. The number of ether oxygens (including phenoxy) is 1. The van der Waals surface area contributed by atoms with Crippen LogP contribution in [0.3, 0.4) is 0 Å². The zero-order valence-electron chi connectivity index (χ0n) is 12.7. The number of benzene rings is 2. The third kappa shape index (κ3) is 2.67. The van der Waals surface area contributed by atoms with E-state index in [2.05, 4.69) is 22.0 Å². The normalized spacial score (nSPS) is 10.7. The third-order valence-electron chi connectivity index (χ3n) is 3.44. The molecule has 3 rings (SSSR count). The molecule has 4 nitrogen and oxygen atoms in total. The van der Waals surface area contributed by atoms with Gasteiger partial charge in [-0.25, -0.2) is 9.78 Å². The summed E-state index contributed by atoms with van der Waals surface area (Å²) in [6, 6.07) is 13.6. The molecule has 0 aliphatic carbocycles. The van der Waals surface area contributed by atoms with E-state index in [0.29, 0.717) is 5.56 Å². The van der Waals surface area contributed by atoms with Crippen molar-refractivity contribution >= 4 is 33.2 Å². The highest BCUT2D eigenvalue weighted by molar-refractivity contribution is 7.21. The minimum atomic E-state index is -0.327. The van der Waals surface area contributed by atoms with Crippen LogP contribution in [0.25, 0.3) is 20.8 Å². The maximum Gasteiger partial charge on any atom is 0.337 e. The Morgan fingerprint density at radius 2 is 1.86 bits per heavy atom. The first-order valence-corrected chi connectivity index (χ1v) is 7.67. The highest BCUT2D eigenvalue weighted by Crippen LogP contribution is 2.32. The van der Waals surface area contributed by atoms with Gasteiger partial charge in [0.25, 0.3) is 0 Å². The molecule has 0 N–H and O–H groups in total. The van der Waals surface area contributed by atoms with Crippen molar-refractivity contribution in [2.45, 2.75) is 0 Å². The predicted octanol–water partition coefficient (Wildman–Crippen LogP) is 3.82. The first kappa shape index (κ1) is 14.5. The predicted molar refractivity (Wildman–Crippen MR) is 90.7 cm³/mol. The molecule has 22 heavy (non-hydrogen) atoms. The van der Waals surface area contributed by atoms with Crippen molar-refractivity contribution in [3.05, 3.63) is 48.0 Å². The van der Waals surface area contributed by atoms with Crippen LogP contribution >= 0.6 is 11.3 Å². The molecule has 0 atom stereocenters. The van der Waals surface area contributed by atoms with E-state index in [1.807, 2.05) is 32.3 Å². The van der Waals surface area contributed by atoms with Gasteiger partial charge in [-0.15, -0.1) is 11.3 Å². The standard InChI is InChI=1S/C17H16N2O2S/c1-19(2)13-8-9-14-15(10-13)22-16(18-14)11-4-6-12(7-5-11)17(20)21-3/h4-10H,1-3H3. The van der Waals surface area contributed by atoms with Crippen molar-refractivity contribution in [2.24, 2.45) is 0 Å². The van der Waals surface area contributed by atoms with Gasteiger partial charge in [0.05, 0.1) is 22.9 Å². The summed E-state index contributed by atoms with van der Waals surface area (Å²) in [5.41, 5.74) is 3.69. The summed E-state index contributed by atoms with van der Waals surface area (Å²) in [6.45, 7) is 0. The Hall–Kier alpha value is -2.40. The zero-order chi connectivity index (χ0) is 15.7. The molecule has 0 radical (unpaired) electrons. The topological polar surface area (TPSA) is 42.4 Å². The second kappa shape index (κ2) is 5.77. The second-order valence-electron chi connectivity index (χ2n) is 5.13. The summed E-state index contributed by atoms with van der Waals surface area (Å²) in [5, 5.41) is 0.947. The van der Waals surface area contributed by atoms with Crippen molar-refractivity contribution in [2.75, 3.05) is 26.1 Å². The van der Waals surface area contributed by atoms with Gasteiger partial charge in [-0.2, -0.15) is 0 Å². The number of thiazole rings is 1. The zero-order valence-corrected chi connectivity index (χ0v) is 13.5. The number of hydrogen-bond donors (Lipinski definition) is 0. The van der Waals surface area contributed by atoms with E-state index in [-0.39, 0.29) is 5.97 Å². The lowest BCUT2D eigenvalue weighted by atomic mass is 10.1. The molecular formula is C17H16N2O2S. The van der Waals surface area contributed by atoms with Gasteiger partial charge in [-0.1, -0.05) is 12.1 Å². The second-order valence-corrected chi connectivity index (χ2v) is 6.17. The largest absolute Gasteiger partial charge is 0.465 e. The summed E-state index contributed by atoms with van der Waals surface area (Å²) in [7, 11) is 5.43.